The van der Waals surface area contributed by atoms with Crippen molar-refractivity contribution in [3.63, 3.8) is 0 Å². The van der Waals surface area contributed by atoms with Crippen LogP contribution < -0.4 is 10.1 Å². The van der Waals surface area contributed by atoms with E-state index < -0.39 is 0 Å². The fourth-order valence-electron chi connectivity index (χ4n) is 3.02. The average Bonchev–Trinajstić information content (AvgIpc) is 2.55. The van der Waals surface area contributed by atoms with E-state index in [1.807, 2.05) is 38.1 Å². The summed E-state index contributed by atoms with van der Waals surface area (Å²) in [6.45, 7) is 11.1. The number of benzene rings is 2. The van der Waals surface area contributed by atoms with Gasteiger partial charge in [-0.2, -0.15) is 0 Å². The largest absolute Gasteiger partial charge is 0.494 e. The van der Waals surface area contributed by atoms with Crippen molar-refractivity contribution in [3.8, 4) is 5.75 Å². The van der Waals surface area contributed by atoms with Crippen LogP contribution >= 0.6 is 0 Å². The maximum absolute atomic E-state index is 12.1. The van der Waals surface area contributed by atoms with E-state index in [-0.39, 0.29) is 5.91 Å². The molecule has 3 nitrogen and oxygen atoms in total. The Kier molecular flexibility index (Phi) is 6.63. The number of nitrogens with one attached hydrogen (secondary N) is 1. The Bertz CT molecular complexity index is 715. The van der Waals surface area contributed by atoms with Gasteiger partial charge in [0.05, 0.1) is 6.61 Å². The van der Waals surface area contributed by atoms with Gasteiger partial charge in [-0.25, -0.2) is 0 Å². The lowest BCUT2D eigenvalue weighted by Crippen LogP contribution is -2.14. The van der Waals surface area contributed by atoms with E-state index in [9.17, 15) is 4.79 Å². The zero-order valence-corrected chi connectivity index (χ0v) is 16.0. The topological polar surface area (TPSA) is 38.3 Å². The summed E-state index contributed by atoms with van der Waals surface area (Å²) in [7, 11) is 0. The maximum Gasteiger partial charge on any atom is 0.224 e. The lowest BCUT2D eigenvalue weighted by Gasteiger charge is -2.13. The van der Waals surface area contributed by atoms with Gasteiger partial charge in [0.25, 0.3) is 0 Å². The first-order valence-corrected chi connectivity index (χ1v) is 8.98. The molecule has 3 heteroatoms. The molecular weight excluding hydrogens is 310 g/mol. The molecular formula is C22H29NO2. The molecule has 0 heterocycles. The van der Waals surface area contributed by atoms with E-state index in [4.69, 9.17) is 4.74 Å². The molecule has 0 fully saturated rings. The summed E-state index contributed by atoms with van der Waals surface area (Å²) in [6.07, 6.45) is 1.15. The summed E-state index contributed by atoms with van der Waals surface area (Å²) in [4.78, 5) is 12.1. The van der Waals surface area contributed by atoms with Gasteiger partial charge >= 0.3 is 0 Å². The Morgan fingerprint density at radius 3 is 2.32 bits per heavy atom. The van der Waals surface area contributed by atoms with Crippen LogP contribution in [0.25, 0.3) is 0 Å². The lowest BCUT2D eigenvalue weighted by atomic mass is 9.98. The Morgan fingerprint density at radius 2 is 1.72 bits per heavy atom. The van der Waals surface area contributed by atoms with Crippen molar-refractivity contribution >= 4 is 11.6 Å². The molecule has 0 spiro atoms. The molecule has 2 aromatic rings. The van der Waals surface area contributed by atoms with Gasteiger partial charge in [0, 0.05) is 12.1 Å². The molecule has 2 aromatic carbocycles. The summed E-state index contributed by atoms with van der Waals surface area (Å²) in [6, 6.07) is 12.2. The minimum atomic E-state index is 0.0346. The second kappa shape index (κ2) is 8.70. The zero-order valence-electron chi connectivity index (χ0n) is 16.0. The number of aryl methyl sites for hydroxylation is 3. The second-order valence-corrected chi connectivity index (χ2v) is 6.94. The number of ether oxygens (including phenoxy) is 1. The normalized spacial score (nSPS) is 10.8. The molecule has 0 aliphatic heterocycles. The van der Waals surface area contributed by atoms with Crippen LogP contribution in [0.3, 0.4) is 0 Å². The smallest absolute Gasteiger partial charge is 0.224 e. The standard InChI is InChI=1S/C22H29NO2/c1-15(2)20-12-11-19(14-18(20)5)25-13-7-10-21(24)23-22-16(3)8-6-9-17(22)4/h6,8-9,11-12,14-15H,7,10,13H2,1-5H3,(H,23,24). The van der Waals surface area contributed by atoms with Crippen LogP contribution in [0.2, 0.25) is 0 Å². The molecule has 25 heavy (non-hydrogen) atoms. The van der Waals surface area contributed by atoms with E-state index in [0.29, 0.717) is 25.4 Å². The first-order chi connectivity index (χ1) is 11.9. The average molecular weight is 339 g/mol. The maximum atomic E-state index is 12.1. The third-order valence-electron chi connectivity index (χ3n) is 4.43. The van der Waals surface area contributed by atoms with Crippen molar-refractivity contribution in [1.29, 1.82) is 0 Å². The summed E-state index contributed by atoms with van der Waals surface area (Å²) in [5.74, 6) is 1.42. The van der Waals surface area contributed by atoms with Crippen molar-refractivity contribution < 1.29 is 9.53 Å². The van der Waals surface area contributed by atoms with Crippen LogP contribution in [0.15, 0.2) is 36.4 Å². The fourth-order valence-corrected chi connectivity index (χ4v) is 3.02. The quantitative estimate of drug-likeness (QED) is 0.673. The Labute approximate surface area is 151 Å². The van der Waals surface area contributed by atoms with E-state index in [1.54, 1.807) is 0 Å². The van der Waals surface area contributed by atoms with Gasteiger partial charge < -0.3 is 10.1 Å². The molecule has 0 unspecified atom stereocenters. The molecule has 0 aliphatic rings. The van der Waals surface area contributed by atoms with Crippen LogP contribution in [0, 0.1) is 20.8 Å². The minimum Gasteiger partial charge on any atom is -0.494 e. The van der Waals surface area contributed by atoms with Gasteiger partial charge in [0.2, 0.25) is 5.91 Å². The molecule has 2 rings (SSSR count). The molecule has 0 aliphatic carbocycles. The highest BCUT2D eigenvalue weighted by Gasteiger charge is 2.08. The lowest BCUT2D eigenvalue weighted by molar-refractivity contribution is -0.116. The molecule has 0 radical (unpaired) electrons. The van der Waals surface area contributed by atoms with Gasteiger partial charge in [-0.05, 0) is 67.5 Å². The Morgan fingerprint density at radius 1 is 1.04 bits per heavy atom. The van der Waals surface area contributed by atoms with Gasteiger partial charge in [0.1, 0.15) is 5.75 Å². The molecule has 0 atom stereocenters. The first kappa shape index (κ1) is 19.0. The molecule has 134 valence electrons. The Balaban J connectivity index is 1.79. The number of carbonyl (C=O) groups excluding carboxylic acids is 1. The highest BCUT2D eigenvalue weighted by Crippen LogP contribution is 2.24. The summed E-state index contributed by atoms with van der Waals surface area (Å²) < 4.78 is 5.79. The number of carbonyl (C=O) groups is 1. The van der Waals surface area contributed by atoms with Crippen molar-refractivity contribution in [2.24, 2.45) is 0 Å². The summed E-state index contributed by atoms with van der Waals surface area (Å²) >= 11 is 0. The fraction of sp³-hybridized carbons (Fsp3) is 0.409. The predicted molar refractivity (Wildman–Crippen MR) is 105 cm³/mol. The predicted octanol–water partition coefficient (Wildman–Crippen LogP) is 5.53. The number of anilines is 1. The third-order valence-corrected chi connectivity index (χ3v) is 4.43. The van der Waals surface area contributed by atoms with Crippen molar-refractivity contribution in [1.82, 2.24) is 0 Å². The molecule has 0 saturated heterocycles. The van der Waals surface area contributed by atoms with E-state index in [1.165, 1.54) is 11.1 Å². The van der Waals surface area contributed by atoms with E-state index >= 15 is 0 Å². The molecule has 0 bridgehead atoms. The van der Waals surface area contributed by atoms with Crippen LogP contribution in [0.1, 0.15) is 54.9 Å². The first-order valence-electron chi connectivity index (χ1n) is 8.98. The molecule has 0 aromatic heterocycles. The molecule has 0 saturated carbocycles. The van der Waals surface area contributed by atoms with Crippen LogP contribution in [-0.4, -0.2) is 12.5 Å². The number of amides is 1. The monoisotopic (exact) mass is 339 g/mol. The van der Waals surface area contributed by atoms with Crippen molar-refractivity contribution in [3.05, 3.63) is 58.7 Å². The van der Waals surface area contributed by atoms with Crippen molar-refractivity contribution in [2.75, 3.05) is 11.9 Å². The Hall–Kier alpha value is -2.29. The van der Waals surface area contributed by atoms with Crippen molar-refractivity contribution in [2.45, 2.75) is 53.4 Å². The number of hydrogen-bond donors (Lipinski definition) is 1. The minimum absolute atomic E-state index is 0.0346. The number of para-hydroxylation sites is 1. The van der Waals surface area contributed by atoms with Crippen LogP contribution in [0.5, 0.6) is 5.75 Å². The third kappa shape index (κ3) is 5.35. The van der Waals surface area contributed by atoms with E-state index in [2.05, 4.69) is 38.2 Å². The number of rotatable bonds is 7. The van der Waals surface area contributed by atoms with Crippen LogP contribution in [-0.2, 0) is 4.79 Å². The second-order valence-electron chi connectivity index (χ2n) is 6.94. The van der Waals surface area contributed by atoms with Gasteiger partial charge in [0.15, 0.2) is 0 Å². The molecule has 1 N–H and O–H groups in total. The van der Waals surface area contributed by atoms with Gasteiger partial charge in [-0.1, -0.05) is 38.1 Å². The highest BCUT2D eigenvalue weighted by molar-refractivity contribution is 5.92. The highest BCUT2D eigenvalue weighted by atomic mass is 16.5. The SMILES string of the molecule is Cc1cc(OCCCC(=O)Nc2c(C)cccc2C)ccc1C(C)C. The van der Waals surface area contributed by atoms with E-state index in [0.717, 1.165) is 22.6 Å². The van der Waals surface area contributed by atoms with Gasteiger partial charge in [-0.15, -0.1) is 0 Å². The number of hydrogen-bond acceptors (Lipinski definition) is 2. The molecule has 1 amide bonds. The van der Waals surface area contributed by atoms with Gasteiger partial charge in [-0.3, -0.25) is 4.79 Å². The summed E-state index contributed by atoms with van der Waals surface area (Å²) in [5.41, 5.74) is 5.70. The van der Waals surface area contributed by atoms with Crippen LogP contribution in [0.4, 0.5) is 5.69 Å². The zero-order chi connectivity index (χ0) is 18.4. The summed E-state index contributed by atoms with van der Waals surface area (Å²) in [5, 5.41) is 3.01.